The average Bonchev–Trinajstić information content (AvgIpc) is 2.72. The number of amides is 2. The van der Waals surface area contributed by atoms with E-state index in [4.69, 9.17) is 4.74 Å². The molecule has 0 heterocycles. The molecule has 0 spiro atoms. The van der Waals surface area contributed by atoms with Crippen LogP contribution < -0.4 is 10.1 Å². The molecule has 2 amide bonds. The quantitative estimate of drug-likeness (QED) is 0.639. The molecule has 1 atom stereocenters. The monoisotopic (exact) mass is 410 g/mol. The second-order valence-electron chi connectivity index (χ2n) is 8.14. The number of nitrogens with zero attached hydrogens (tertiary/aromatic N) is 1. The Labute approximate surface area is 180 Å². The predicted octanol–water partition coefficient (Wildman–Crippen LogP) is 4.17. The van der Waals surface area contributed by atoms with Crippen LogP contribution in [0.4, 0.5) is 0 Å². The van der Waals surface area contributed by atoms with Gasteiger partial charge in [-0.05, 0) is 50.3 Å². The SMILES string of the molecule is CC(C)NC(=O)[C@@H](C)N(CCc1ccccc1)C(=O)COc1ccccc1C(C)C. The average molecular weight is 411 g/mol. The maximum atomic E-state index is 13.1. The number of rotatable bonds is 10. The van der Waals surface area contributed by atoms with Gasteiger partial charge in [-0.2, -0.15) is 0 Å². The maximum Gasteiger partial charge on any atom is 0.261 e. The number of benzene rings is 2. The lowest BCUT2D eigenvalue weighted by atomic mass is 10.0. The van der Waals surface area contributed by atoms with Crippen LogP contribution in [-0.2, 0) is 16.0 Å². The van der Waals surface area contributed by atoms with Gasteiger partial charge in [0.25, 0.3) is 5.91 Å². The molecule has 0 unspecified atom stereocenters. The lowest BCUT2D eigenvalue weighted by Gasteiger charge is -2.29. The first-order chi connectivity index (χ1) is 14.3. The first-order valence-corrected chi connectivity index (χ1v) is 10.6. The Morgan fingerprint density at radius 3 is 2.20 bits per heavy atom. The summed E-state index contributed by atoms with van der Waals surface area (Å²) < 4.78 is 5.88. The fourth-order valence-corrected chi connectivity index (χ4v) is 3.29. The molecule has 0 aliphatic carbocycles. The summed E-state index contributed by atoms with van der Waals surface area (Å²) in [5.74, 6) is 0.647. The molecule has 0 fully saturated rings. The van der Waals surface area contributed by atoms with E-state index in [-0.39, 0.29) is 24.5 Å². The van der Waals surface area contributed by atoms with Gasteiger partial charge in [0.05, 0.1) is 0 Å². The van der Waals surface area contributed by atoms with Gasteiger partial charge >= 0.3 is 0 Å². The van der Waals surface area contributed by atoms with Crippen LogP contribution in [0.1, 0.15) is 51.7 Å². The third-order valence-corrected chi connectivity index (χ3v) is 4.97. The largest absolute Gasteiger partial charge is 0.483 e. The molecule has 2 aromatic rings. The molecule has 0 bridgehead atoms. The van der Waals surface area contributed by atoms with E-state index in [9.17, 15) is 9.59 Å². The Morgan fingerprint density at radius 1 is 0.933 bits per heavy atom. The topological polar surface area (TPSA) is 58.6 Å². The van der Waals surface area contributed by atoms with Crippen LogP contribution in [0.2, 0.25) is 0 Å². The van der Waals surface area contributed by atoms with E-state index in [1.54, 1.807) is 11.8 Å². The second kappa shape index (κ2) is 11.4. The van der Waals surface area contributed by atoms with Crippen molar-refractivity contribution in [3.8, 4) is 5.75 Å². The minimum Gasteiger partial charge on any atom is -0.483 e. The first-order valence-electron chi connectivity index (χ1n) is 10.6. The van der Waals surface area contributed by atoms with E-state index in [1.807, 2.05) is 68.4 Å². The van der Waals surface area contributed by atoms with Gasteiger partial charge in [-0.1, -0.05) is 62.4 Å². The summed E-state index contributed by atoms with van der Waals surface area (Å²) in [6.07, 6.45) is 0.675. The Hall–Kier alpha value is -2.82. The van der Waals surface area contributed by atoms with Gasteiger partial charge in [-0.3, -0.25) is 9.59 Å². The van der Waals surface area contributed by atoms with E-state index < -0.39 is 6.04 Å². The Morgan fingerprint density at radius 2 is 1.57 bits per heavy atom. The van der Waals surface area contributed by atoms with Crippen molar-refractivity contribution >= 4 is 11.8 Å². The van der Waals surface area contributed by atoms with Crippen molar-refractivity contribution in [2.24, 2.45) is 0 Å². The van der Waals surface area contributed by atoms with Gasteiger partial charge in [0.2, 0.25) is 5.91 Å². The van der Waals surface area contributed by atoms with Crippen LogP contribution in [0.3, 0.4) is 0 Å². The minimum absolute atomic E-state index is 0.0141. The van der Waals surface area contributed by atoms with Gasteiger partial charge < -0.3 is 15.0 Å². The van der Waals surface area contributed by atoms with Crippen LogP contribution in [0.5, 0.6) is 5.75 Å². The van der Waals surface area contributed by atoms with E-state index in [2.05, 4.69) is 19.2 Å². The number of ether oxygens (including phenoxy) is 1. The molecule has 0 aliphatic rings. The van der Waals surface area contributed by atoms with E-state index >= 15 is 0 Å². The van der Waals surface area contributed by atoms with Crippen LogP contribution in [0.15, 0.2) is 54.6 Å². The summed E-state index contributed by atoms with van der Waals surface area (Å²) in [7, 11) is 0. The molecule has 0 radical (unpaired) electrons. The second-order valence-corrected chi connectivity index (χ2v) is 8.14. The lowest BCUT2D eigenvalue weighted by Crippen LogP contribution is -2.51. The van der Waals surface area contributed by atoms with Crippen molar-refractivity contribution in [1.29, 1.82) is 0 Å². The molecular formula is C25H34N2O3. The third kappa shape index (κ3) is 6.90. The molecule has 30 heavy (non-hydrogen) atoms. The third-order valence-electron chi connectivity index (χ3n) is 4.97. The van der Waals surface area contributed by atoms with Crippen LogP contribution in [0.25, 0.3) is 0 Å². The van der Waals surface area contributed by atoms with Crippen molar-refractivity contribution in [2.75, 3.05) is 13.2 Å². The summed E-state index contributed by atoms with van der Waals surface area (Å²) in [6.45, 7) is 10.1. The van der Waals surface area contributed by atoms with Gasteiger partial charge in [0.15, 0.2) is 6.61 Å². The molecule has 0 aliphatic heterocycles. The molecule has 0 saturated carbocycles. The zero-order chi connectivity index (χ0) is 22.1. The number of nitrogens with one attached hydrogen (secondary N) is 1. The summed E-state index contributed by atoms with van der Waals surface area (Å²) in [4.78, 5) is 27.3. The molecular weight excluding hydrogens is 376 g/mol. The standard InChI is InChI=1S/C25H34N2O3/c1-18(2)22-13-9-10-14-23(22)30-17-24(28)27(20(5)25(29)26-19(3)4)16-15-21-11-7-6-8-12-21/h6-14,18-20H,15-17H2,1-5H3,(H,26,29)/t20-/m1/s1. The number of hydrogen-bond donors (Lipinski definition) is 1. The van der Waals surface area contributed by atoms with Crippen molar-refractivity contribution in [3.05, 3.63) is 65.7 Å². The number of carbonyl (C=O) groups is 2. The van der Waals surface area contributed by atoms with Crippen molar-refractivity contribution < 1.29 is 14.3 Å². The molecule has 162 valence electrons. The lowest BCUT2D eigenvalue weighted by molar-refractivity contribution is -0.141. The summed E-state index contributed by atoms with van der Waals surface area (Å²) in [5, 5.41) is 2.90. The fourth-order valence-electron chi connectivity index (χ4n) is 3.29. The number of carbonyl (C=O) groups excluding carboxylic acids is 2. The van der Waals surface area contributed by atoms with Crippen molar-refractivity contribution in [2.45, 2.75) is 59.0 Å². The Bertz CT molecular complexity index is 818. The summed E-state index contributed by atoms with van der Waals surface area (Å²) in [5.41, 5.74) is 2.18. The fraction of sp³-hybridized carbons (Fsp3) is 0.440. The predicted molar refractivity (Wildman–Crippen MR) is 121 cm³/mol. The molecule has 0 aromatic heterocycles. The van der Waals surface area contributed by atoms with Crippen LogP contribution in [0, 0.1) is 0 Å². The normalized spacial score (nSPS) is 12.0. The van der Waals surface area contributed by atoms with Crippen LogP contribution >= 0.6 is 0 Å². The van der Waals surface area contributed by atoms with Gasteiger partial charge in [0.1, 0.15) is 11.8 Å². The van der Waals surface area contributed by atoms with Gasteiger partial charge in [-0.15, -0.1) is 0 Å². The van der Waals surface area contributed by atoms with Crippen molar-refractivity contribution in [3.63, 3.8) is 0 Å². The number of para-hydroxylation sites is 1. The molecule has 1 N–H and O–H groups in total. The van der Waals surface area contributed by atoms with E-state index in [1.165, 1.54) is 0 Å². The van der Waals surface area contributed by atoms with Gasteiger partial charge in [-0.25, -0.2) is 0 Å². The Balaban J connectivity index is 2.11. The molecule has 2 aromatic carbocycles. The molecule has 5 nitrogen and oxygen atoms in total. The maximum absolute atomic E-state index is 13.1. The van der Waals surface area contributed by atoms with E-state index in [0.717, 1.165) is 11.1 Å². The number of hydrogen-bond acceptors (Lipinski definition) is 3. The first kappa shape index (κ1) is 23.5. The molecule has 2 rings (SSSR count). The summed E-state index contributed by atoms with van der Waals surface area (Å²) >= 11 is 0. The molecule has 5 heteroatoms. The highest BCUT2D eigenvalue weighted by Crippen LogP contribution is 2.25. The summed E-state index contributed by atoms with van der Waals surface area (Å²) in [6, 6.07) is 17.2. The Kier molecular flexibility index (Phi) is 8.90. The molecule has 0 saturated heterocycles. The highest BCUT2D eigenvalue weighted by Gasteiger charge is 2.26. The zero-order valence-corrected chi connectivity index (χ0v) is 18.7. The highest BCUT2D eigenvalue weighted by molar-refractivity contribution is 5.88. The van der Waals surface area contributed by atoms with Crippen molar-refractivity contribution in [1.82, 2.24) is 10.2 Å². The van der Waals surface area contributed by atoms with Crippen LogP contribution in [-0.4, -0.2) is 41.9 Å². The smallest absolute Gasteiger partial charge is 0.261 e. The van der Waals surface area contributed by atoms with E-state index in [0.29, 0.717) is 24.6 Å². The van der Waals surface area contributed by atoms with Gasteiger partial charge in [0, 0.05) is 12.6 Å². The minimum atomic E-state index is -0.576. The zero-order valence-electron chi connectivity index (χ0n) is 18.7. The highest BCUT2D eigenvalue weighted by atomic mass is 16.5.